The second-order valence-electron chi connectivity index (χ2n) is 2.07. The smallest absolute Gasteiger partial charge is 0.133 e. The number of hydrogen-bond acceptors (Lipinski definition) is 2. The molecule has 5 heteroatoms. The van der Waals surface area contributed by atoms with Crippen molar-refractivity contribution in [1.82, 2.24) is 0 Å². The van der Waals surface area contributed by atoms with Gasteiger partial charge in [-0.3, -0.25) is 0 Å². The predicted molar refractivity (Wildman–Crippen MR) is 58.6 cm³/mol. The van der Waals surface area contributed by atoms with Gasteiger partial charge in [-0.15, -0.1) is 0 Å². The Balaban J connectivity index is 3.23. The maximum atomic E-state index is 13.0. The maximum absolute atomic E-state index is 13.0. The van der Waals surface area contributed by atoms with E-state index in [0.717, 1.165) is 8.04 Å². The molecule has 2 nitrogen and oxygen atoms in total. The zero-order chi connectivity index (χ0) is 9.14. The topological polar surface area (TPSA) is 38.4 Å². The highest BCUT2D eigenvalue weighted by Crippen LogP contribution is 2.21. The molecule has 0 fully saturated rings. The lowest BCUT2D eigenvalue weighted by Crippen LogP contribution is -1.92. The molecule has 0 aliphatic rings. The SMILES string of the molecule is N/N=C/c1cc(I)c(Br)cc1F. The van der Waals surface area contributed by atoms with Crippen molar-refractivity contribution in [2.75, 3.05) is 0 Å². The zero-order valence-corrected chi connectivity index (χ0v) is 9.63. The third kappa shape index (κ3) is 2.16. The average molecular weight is 343 g/mol. The van der Waals surface area contributed by atoms with Gasteiger partial charge in [-0.05, 0) is 50.7 Å². The van der Waals surface area contributed by atoms with Crippen molar-refractivity contribution in [3.05, 3.63) is 31.6 Å². The number of hydrazone groups is 1. The summed E-state index contributed by atoms with van der Waals surface area (Å²) < 4.78 is 14.7. The molecule has 0 bridgehead atoms. The summed E-state index contributed by atoms with van der Waals surface area (Å²) in [4.78, 5) is 0. The standard InChI is InChI=1S/C7H5BrFIN2/c8-5-2-6(9)4(3-12-11)1-7(5)10/h1-3H,11H2/b12-3+. The van der Waals surface area contributed by atoms with E-state index in [1.165, 1.54) is 12.3 Å². The zero-order valence-electron chi connectivity index (χ0n) is 5.89. The summed E-state index contributed by atoms with van der Waals surface area (Å²) in [5, 5.41) is 3.25. The van der Waals surface area contributed by atoms with E-state index in [2.05, 4.69) is 43.6 Å². The minimum absolute atomic E-state index is 0.337. The van der Waals surface area contributed by atoms with E-state index in [1.807, 2.05) is 0 Å². The first-order valence-electron chi connectivity index (χ1n) is 3.03. The number of hydrogen-bond donors (Lipinski definition) is 1. The molecular weight excluding hydrogens is 338 g/mol. The van der Waals surface area contributed by atoms with Gasteiger partial charge in [-0.2, -0.15) is 5.10 Å². The Kier molecular flexibility index (Phi) is 3.45. The lowest BCUT2D eigenvalue weighted by atomic mass is 10.2. The van der Waals surface area contributed by atoms with E-state index in [-0.39, 0.29) is 5.82 Å². The van der Waals surface area contributed by atoms with Crippen molar-refractivity contribution < 1.29 is 4.39 Å². The molecule has 2 N–H and O–H groups in total. The molecule has 0 saturated heterocycles. The molecule has 0 aliphatic carbocycles. The molecule has 0 unspecified atom stereocenters. The summed E-state index contributed by atoms with van der Waals surface area (Å²) in [6, 6.07) is 3.05. The second kappa shape index (κ2) is 4.18. The van der Waals surface area contributed by atoms with Gasteiger partial charge < -0.3 is 5.84 Å². The van der Waals surface area contributed by atoms with E-state index >= 15 is 0 Å². The number of rotatable bonds is 1. The van der Waals surface area contributed by atoms with Crippen LogP contribution in [0.15, 0.2) is 21.7 Å². The molecular formula is C7H5BrFIN2. The summed E-state index contributed by atoms with van der Waals surface area (Å²) in [5.74, 6) is 4.57. The summed E-state index contributed by atoms with van der Waals surface area (Å²) >= 11 is 5.30. The van der Waals surface area contributed by atoms with E-state index in [0.29, 0.717) is 5.56 Å². The van der Waals surface area contributed by atoms with Gasteiger partial charge in [0.1, 0.15) is 5.82 Å². The van der Waals surface area contributed by atoms with Gasteiger partial charge in [0.05, 0.1) is 6.21 Å². The Morgan fingerprint density at radius 2 is 2.25 bits per heavy atom. The fraction of sp³-hybridized carbons (Fsp3) is 0. The Bertz CT molecular complexity index is 327. The summed E-state index contributed by atoms with van der Waals surface area (Å²) in [5.41, 5.74) is 0.394. The average Bonchev–Trinajstić information content (AvgIpc) is 2.01. The van der Waals surface area contributed by atoms with E-state index in [9.17, 15) is 4.39 Å². The summed E-state index contributed by atoms with van der Waals surface area (Å²) in [6.07, 6.45) is 1.28. The van der Waals surface area contributed by atoms with Crippen LogP contribution in [-0.2, 0) is 0 Å². The Morgan fingerprint density at radius 1 is 1.58 bits per heavy atom. The van der Waals surface area contributed by atoms with Crippen LogP contribution >= 0.6 is 38.5 Å². The summed E-state index contributed by atoms with van der Waals surface area (Å²) in [7, 11) is 0. The van der Waals surface area contributed by atoms with Crippen LogP contribution in [0.4, 0.5) is 4.39 Å². The van der Waals surface area contributed by atoms with Crippen molar-refractivity contribution in [1.29, 1.82) is 0 Å². The van der Waals surface area contributed by atoms with Crippen molar-refractivity contribution in [3.8, 4) is 0 Å². The first kappa shape index (κ1) is 9.91. The first-order chi connectivity index (χ1) is 5.65. The molecule has 0 aromatic heterocycles. The molecule has 1 aromatic carbocycles. The van der Waals surface area contributed by atoms with Gasteiger partial charge in [0.25, 0.3) is 0 Å². The van der Waals surface area contributed by atoms with Crippen molar-refractivity contribution >= 4 is 44.7 Å². The maximum Gasteiger partial charge on any atom is 0.133 e. The Hall–Kier alpha value is -0.170. The monoisotopic (exact) mass is 342 g/mol. The third-order valence-electron chi connectivity index (χ3n) is 1.25. The largest absolute Gasteiger partial charge is 0.323 e. The molecule has 0 aliphatic heterocycles. The number of benzene rings is 1. The normalized spacial score (nSPS) is 10.9. The minimum Gasteiger partial charge on any atom is -0.323 e. The van der Waals surface area contributed by atoms with Crippen molar-refractivity contribution in [2.45, 2.75) is 0 Å². The van der Waals surface area contributed by atoms with Gasteiger partial charge in [-0.25, -0.2) is 4.39 Å². The van der Waals surface area contributed by atoms with Gasteiger partial charge in [0.15, 0.2) is 0 Å². The van der Waals surface area contributed by atoms with Crippen LogP contribution in [0.5, 0.6) is 0 Å². The molecule has 0 radical (unpaired) electrons. The quantitative estimate of drug-likeness (QED) is 0.275. The highest BCUT2D eigenvalue weighted by molar-refractivity contribution is 14.1. The molecule has 0 heterocycles. The van der Waals surface area contributed by atoms with Gasteiger partial charge >= 0.3 is 0 Å². The predicted octanol–water partition coefficient (Wildman–Crippen LogP) is 2.49. The molecule has 0 spiro atoms. The molecule has 0 atom stereocenters. The van der Waals surface area contributed by atoms with Crippen LogP contribution in [-0.4, -0.2) is 6.21 Å². The fourth-order valence-electron chi connectivity index (χ4n) is 0.717. The molecule has 1 aromatic rings. The number of nitrogens with two attached hydrogens (primary N) is 1. The Morgan fingerprint density at radius 3 is 2.83 bits per heavy atom. The van der Waals surface area contributed by atoms with Crippen LogP contribution < -0.4 is 5.84 Å². The van der Waals surface area contributed by atoms with Crippen molar-refractivity contribution in [3.63, 3.8) is 0 Å². The van der Waals surface area contributed by atoms with Crippen LogP contribution in [0.2, 0.25) is 0 Å². The number of halogens is 3. The molecule has 0 saturated carbocycles. The highest BCUT2D eigenvalue weighted by Gasteiger charge is 2.03. The molecule has 12 heavy (non-hydrogen) atoms. The third-order valence-corrected chi connectivity index (χ3v) is 3.54. The van der Waals surface area contributed by atoms with Crippen LogP contribution in [0.1, 0.15) is 5.56 Å². The van der Waals surface area contributed by atoms with Gasteiger partial charge in [-0.1, -0.05) is 0 Å². The summed E-state index contributed by atoms with van der Waals surface area (Å²) in [6.45, 7) is 0. The van der Waals surface area contributed by atoms with E-state index in [1.54, 1.807) is 6.07 Å². The van der Waals surface area contributed by atoms with E-state index in [4.69, 9.17) is 5.84 Å². The van der Waals surface area contributed by atoms with Gasteiger partial charge in [0.2, 0.25) is 0 Å². The van der Waals surface area contributed by atoms with Crippen LogP contribution in [0.3, 0.4) is 0 Å². The second-order valence-corrected chi connectivity index (χ2v) is 4.08. The Labute approximate surface area is 91.3 Å². The van der Waals surface area contributed by atoms with Crippen LogP contribution in [0.25, 0.3) is 0 Å². The lowest BCUT2D eigenvalue weighted by molar-refractivity contribution is 0.624. The number of nitrogens with zero attached hydrogens (tertiary/aromatic N) is 1. The minimum atomic E-state index is -0.337. The molecule has 64 valence electrons. The van der Waals surface area contributed by atoms with Crippen LogP contribution in [0, 0.1) is 9.39 Å². The lowest BCUT2D eigenvalue weighted by Gasteiger charge is -1.99. The van der Waals surface area contributed by atoms with E-state index < -0.39 is 0 Å². The highest BCUT2D eigenvalue weighted by atomic mass is 127. The van der Waals surface area contributed by atoms with Crippen molar-refractivity contribution in [2.24, 2.45) is 10.9 Å². The first-order valence-corrected chi connectivity index (χ1v) is 4.90. The van der Waals surface area contributed by atoms with Gasteiger partial charge in [0, 0.05) is 13.6 Å². The molecule has 1 rings (SSSR count). The molecule has 0 amide bonds. The fourth-order valence-corrected chi connectivity index (χ4v) is 1.52.